The molecule has 0 unspecified atom stereocenters. The lowest BCUT2D eigenvalue weighted by molar-refractivity contribution is -0.126. The molecule has 1 amide bonds. The van der Waals surface area contributed by atoms with Gasteiger partial charge in [-0.25, -0.2) is 8.42 Å². The lowest BCUT2D eigenvalue weighted by Gasteiger charge is -2.30. The van der Waals surface area contributed by atoms with Crippen molar-refractivity contribution in [3.63, 3.8) is 0 Å². The number of piperidine rings is 1. The molecule has 0 atom stereocenters. The minimum Gasteiger partial charge on any atom is -0.486 e. The number of carbonyl (C=O) groups is 1. The molecule has 0 radical (unpaired) electrons. The predicted octanol–water partition coefficient (Wildman–Crippen LogP) is 2.16. The Morgan fingerprint density at radius 3 is 2.56 bits per heavy atom. The Kier molecular flexibility index (Phi) is 6.59. The third kappa shape index (κ3) is 4.73. The van der Waals surface area contributed by atoms with Crippen molar-refractivity contribution in [2.45, 2.75) is 43.9 Å². The number of hydrogen-bond acceptors (Lipinski definition) is 5. The fraction of sp³-hybridized carbons (Fsp3) is 0.632. The van der Waals surface area contributed by atoms with Crippen molar-refractivity contribution >= 4 is 15.9 Å². The summed E-state index contributed by atoms with van der Waals surface area (Å²) in [5.41, 5.74) is 0. The fourth-order valence-corrected chi connectivity index (χ4v) is 4.91. The maximum atomic E-state index is 12.9. The Morgan fingerprint density at radius 1 is 1.15 bits per heavy atom. The van der Waals surface area contributed by atoms with Gasteiger partial charge in [0.2, 0.25) is 15.9 Å². The molecule has 1 aromatic rings. The number of fused-ring (bicyclic) bond motifs is 1. The molecule has 2 aliphatic rings. The first-order valence-corrected chi connectivity index (χ1v) is 11.1. The molecular weight excluding hydrogens is 368 g/mol. The van der Waals surface area contributed by atoms with E-state index in [9.17, 15) is 13.2 Å². The Hall–Kier alpha value is -1.80. The van der Waals surface area contributed by atoms with Crippen LogP contribution in [-0.4, -0.2) is 51.5 Å². The number of rotatable bonds is 7. The van der Waals surface area contributed by atoms with E-state index in [2.05, 4.69) is 12.2 Å². The summed E-state index contributed by atoms with van der Waals surface area (Å²) in [5.74, 6) is 0.961. The summed E-state index contributed by atoms with van der Waals surface area (Å²) in [7, 11) is -3.60. The summed E-state index contributed by atoms with van der Waals surface area (Å²) >= 11 is 0. The molecule has 1 saturated heterocycles. The van der Waals surface area contributed by atoms with Crippen molar-refractivity contribution in [3.05, 3.63) is 18.2 Å². The molecule has 8 heteroatoms. The third-order valence-electron chi connectivity index (χ3n) is 5.06. The summed E-state index contributed by atoms with van der Waals surface area (Å²) < 4.78 is 38.2. The van der Waals surface area contributed by atoms with Gasteiger partial charge in [-0.3, -0.25) is 4.79 Å². The number of ether oxygens (including phenoxy) is 2. The van der Waals surface area contributed by atoms with E-state index in [0.29, 0.717) is 57.2 Å². The molecule has 27 heavy (non-hydrogen) atoms. The molecule has 1 aromatic carbocycles. The highest BCUT2D eigenvalue weighted by molar-refractivity contribution is 7.89. The molecule has 0 aromatic heterocycles. The highest BCUT2D eigenvalue weighted by Crippen LogP contribution is 2.34. The first-order valence-electron chi connectivity index (χ1n) is 9.70. The predicted molar refractivity (Wildman–Crippen MR) is 101 cm³/mol. The van der Waals surface area contributed by atoms with Crippen molar-refractivity contribution in [1.29, 1.82) is 0 Å². The Balaban J connectivity index is 1.57. The lowest BCUT2D eigenvalue weighted by atomic mass is 9.97. The number of benzene rings is 1. The minimum atomic E-state index is -3.60. The summed E-state index contributed by atoms with van der Waals surface area (Å²) in [6, 6.07) is 4.71. The molecule has 1 N–H and O–H groups in total. The summed E-state index contributed by atoms with van der Waals surface area (Å²) in [5, 5.41) is 2.97. The molecule has 3 rings (SSSR count). The van der Waals surface area contributed by atoms with Gasteiger partial charge in [0.15, 0.2) is 11.5 Å². The van der Waals surface area contributed by atoms with Gasteiger partial charge in [0.05, 0.1) is 4.90 Å². The normalized spacial score (nSPS) is 18.3. The standard InChI is InChI=1S/C19H28N2O5S/c1-2-3-4-9-20-19(22)15-7-10-21(11-8-15)27(23,24)16-5-6-17-18(14-16)26-13-12-25-17/h5-6,14-15H,2-4,7-13H2,1H3,(H,20,22). The van der Waals surface area contributed by atoms with Gasteiger partial charge in [-0.2, -0.15) is 4.31 Å². The number of amides is 1. The molecule has 1 fully saturated rings. The van der Waals surface area contributed by atoms with Crippen LogP contribution in [0.1, 0.15) is 39.0 Å². The van der Waals surface area contributed by atoms with E-state index in [-0.39, 0.29) is 16.7 Å². The third-order valence-corrected chi connectivity index (χ3v) is 6.95. The van der Waals surface area contributed by atoms with Crippen LogP contribution in [0.3, 0.4) is 0 Å². The van der Waals surface area contributed by atoms with Crippen molar-refractivity contribution in [2.75, 3.05) is 32.8 Å². The quantitative estimate of drug-likeness (QED) is 0.714. The molecule has 2 heterocycles. The minimum absolute atomic E-state index is 0.0440. The van der Waals surface area contributed by atoms with Gasteiger partial charge in [0.1, 0.15) is 13.2 Å². The zero-order valence-corrected chi connectivity index (χ0v) is 16.6. The highest BCUT2D eigenvalue weighted by Gasteiger charge is 2.32. The van der Waals surface area contributed by atoms with Gasteiger partial charge in [0.25, 0.3) is 0 Å². The highest BCUT2D eigenvalue weighted by atomic mass is 32.2. The number of hydrogen-bond donors (Lipinski definition) is 1. The topological polar surface area (TPSA) is 84.9 Å². The average Bonchev–Trinajstić information content (AvgIpc) is 2.70. The summed E-state index contributed by atoms with van der Waals surface area (Å²) in [4.78, 5) is 12.4. The largest absolute Gasteiger partial charge is 0.486 e. The zero-order chi connectivity index (χ0) is 19.3. The van der Waals surface area contributed by atoms with E-state index in [1.165, 1.54) is 10.4 Å². The van der Waals surface area contributed by atoms with Crippen LogP contribution in [0.4, 0.5) is 0 Å². The van der Waals surface area contributed by atoms with Crippen LogP contribution in [0, 0.1) is 5.92 Å². The van der Waals surface area contributed by atoms with Crippen LogP contribution in [-0.2, 0) is 14.8 Å². The number of nitrogens with zero attached hydrogens (tertiary/aromatic N) is 1. The van der Waals surface area contributed by atoms with Gasteiger partial charge in [0, 0.05) is 31.6 Å². The molecule has 7 nitrogen and oxygen atoms in total. The van der Waals surface area contributed by atoms with Crippen molar-refractivity contribution in [1.82, 2.24) is 9.62 Å². The number of carbonyl (C=O) groups excluding carboxylic acids is 1. The monoisotopic (exact) mass is 396 g/mol. The van der Waals surface area contributed by atoms with Crippen molar-refractivity contribution in [2.24, 2.45) is 5.92 Å². The maximum absolute atomic E-state index is 12.9. The van der Waals surface area contributed by atoms with E-state index in [4.69, 9.17) is 9.47 Å². The van der Waals surface area contributed by atoms with Crippen LogP contribution in [0.25, 0.3) is 0 Å². The van der Waals surface area contributed by atoms with E-state index < -0.39 is 10.0 Å². The van der Waals surface area contributed by atoms with Crippen molar-refractivity contribution < 1.29 is 22.7 Å². The van der Waals surface area contributed by atoms with Crippen LogP contribution in [0.5, 0.6) is 11.5 Å². The Labute approximate surface area is 161 Å². The van der Waals surface area contributed by atoms with Crippen molar-refractivity contribution in [3.8, 4) is 11.5 Å². The first-order chi connectivity index (χ1) is 13.0. The van der Waals surface area contributed by atoms with Crippen LogP contribution in [0.15, 0.2) is 23.1 Å². The molecule has 150 valence electrons. The molecule has 0 bridgehead atoms. The van der Waals surface area contributed by atoms with Gasteiger partial charge in [-0.15, -0.1) is 0 Å². The van der Waals surface area contributed by atoms with Gasteiger partial charge in [-0.1, -0.05) is 19.8 Å². The fourth-order valence-electron chi connectivity index (χ4n) is 3.42. The zero-order valence-electron chi connectivity index (χ0n) is 15.8. The average molecular weight is 397 g/mol. The maximum Gasteiger partial charge on any atom is 0.243 e. The van der Waals surface area contributed by atoms with Gasteiger partial charge in [-0.05, 0) is 31.4 Å². The van der Waals surface area contributed by atoms with E-state index in [1.54, 1.807) is 12.1 Å². The molecule has 2 aliphatic heterocycles. The van der Waals surface area contributed by atoms with Crippen LogP contribution < -0.4 is 14.8 Å². The second-order valence-corrected chi connectivity index (χ2v) is 8.92. The van der Waals surface area contributed by atoms with Crippen LogP contribution in [0.2, 0.25) is 0 Å². The lowest BCUT2D eigenvalue weighted by Crippen LogP contribution is -2.43. The number of sulfonamides is 1. The SMILES string of the molecule is CCCCCNC(=O)C1CCN(S(=O)(=O)c2ccc3c(c2)OCCO3)CC1. The molecule has 0 aliphatic carbocycles. The number of unbranched alkanes of at least 4 members (excludes halogenated alkanes) is 2. The first kappa shape index (κ1) is 19.9. The number of nitrogens with one attached hydrogen (secondary N) is 1. The second-order valence-electron chi connectivity index (χ2n) is 6.98. The van der Waals surface area contributed by atoms with E-state index in [0.717, 1.165) is 19.3 Å². The Bertz CT molecular complexity index is 757. The van der Waals surface area contributed by atoms with E-state index in [1.807, 2.05) is 0 Å². The Morgan fingerprint density at radius 2 is 1.85 bits per heavy atom. The van der Waals surface area contributed by atoms with Crippen LogP contribution >= 0.6 is 0 Å². The second kappa shape index (κ2) is 8.93. The molecule has 0 saturated carbocycles. The van der Waals surface area contributed by atoms with Gasteiger partial charge >= 0.3 is 0 Å². The smallest absolute Gasteiger partial charge is 0.243 e. The molecular formula is C19H28N2O5S. The molecule has 0 spiro atoms. The van der Waals surface area contributed by atoms with E-state index >= 15 is 0 Å². The summed E-state index contributed by atoms with van der Waals surface area (Å²) in [6.07, 6.45) is 4.30. The summed E-state index contributed by atoms with van der Waals surface area (Å²) in [6.45, 7) is 4.40. The van der Waals surface area contributed by atoms with Gasteiger partial charge < -0.3 is 14.8 Å².